The summed E-state index contributed by atoms with van der Waals surface area (Å²) in [5.74, 6) is 2.55. The van der Waals surface area contributed by atoms with E-state index in [0.717, 1.165) is 75.5 Å². The highest BCUT2D eigenvalue weighted by Gasteiger charge is 2.18. The van der Waals surface area contributed by atoms with Crippen molar-refractivity contribution < 1.29 is 4.74 Å². The zero-order chi connectivity index (χ0) is 21.0. The Bertz CT molecular complexity index is 782. The number of ether oxygens (including phenoxy) is 1. The molecule has 1 saturated heterocycles. The number of nitrogens with zero attached hydrogens (tertiary/aromatic N) is 5. The van der Waals surface area contributed by atoms with Crippen LogP contribution in [0.3, 0.4) is 0 Å². The summed E-state index contributed by atoms with van der Waals surface area (Å²) >= 11 is 0. The number of aromatic nitrogens is 2. The van der Waals surface area contributed by atoms with E-state index in [1.807, 2.05) is 30.3 Å². The van der Waals surface area contributed by atoms with E-state index < -0.39 is 0 Å². The van der Waals surface area contributed by atoms with Gasteiger partial charge in [0.2, 0.25) is 5.95 Å². The Morgan fingerprint density at radius 2 is 1.81 bits per heavy atom. The minimum atomic E-state index is 0. The van der Waals surface area contributed by atoms with E-state index in [2.05, 4.69) is 37.3 Å². The molecule has 9 heteroatoms. The molecule has 0 atom stereocenters. The highest BCUT2D eigenvalue weighted by molar-refractivity contribution is 14.0. The van der Waals surface area contributed by atoms with Crippen molar-refractivity contribution >= 4 is 35.9 Å². The quantitative estimate of drug-likeness (QED) is 0.219. The maximum atomic E-state index is 5.41. The third-order valence-corrected chi connectivity index (χ3v) is 5.10. The average molecular weight is 539 g/mol. The average Bonchev–Trinajstić information content (AvgIpc) is 2.81. The van der Waals surface area contributed by atoms with Crippen molar-refractivity contribution in [2.45, 2.75) is 19.9 Å². The summed E-state index contributed by atoms with van der Waals surface area (Å²) in [6.07, 6.45) is 4.68. The van der Waals surface area contributed by atoms with Crippen LogP contribution in [0.2, 0.25) is 0 Å². The molecule has 1 fully saturated rings. The van der Waals surface area contributed by atoms with Crippen molar-refractivity contribution in [1.82, 2.24) is 25.5 Å². The minimum Gasteiger partial charge on any atom is -0.496 e. The van der Waals surface area contributed by atoms with Crippen molar-refractivity contribution in [2.24, 2.45) is 4.99 Å². The van der Waals surface area contributed by atoms with Gasteiger partial charge in [0.15, 0.2) is 5.96 Å². The molecule has 0 radical (unpaired) electrons. The van der Waals surface area contributed by atoms with Crippen LogP contribution in [0.5, 0.6) is 5.75 Å². The molecule has 0 aliphatic carbocycles. The fourth-order valence-electron chi connectivity index (χ4n) is 3.48. The first kappa shape index (κ1) is 25.1. The first-order chi connectivity index (χ1) is 14.8. The third-order valence-electron chi connectivity index (χ3n) is 5.10. The first-order valence-electron chi connectivity index (χ1n) is 10.7. The van der Waals surface area contributed by atoms with Crippen molar-refractivity contribution in [3.05, 3.63) is 48.3 Å². The smallest absolute Gasteiger partial charge is 0.225 e. The topological polar surface area (TPSA) is 77.9 Å². The van der Waals surface area contributed by atoms with Gasteiger partial charge in [0.25, 0.3) is 0 Å². The molecule has 3 rings (SSSR count). The van der Waals surface area contributed by atoms with E-state index in [1.54, 1.807) is 19.5 Å². The normalized spacial score (nSPS) is 14.6. The van der Waals surface area contributed by atoms with Crippen LogP contribution in [0.25, 0.3) is 0 Å². The van der Waals surface area contributed by atoms with Crippen molar-refractivity contribution in [1.29, 1.82) is 0 Å². The Balaban J connectivity index is 0.00000341. The summed E-state index contributed by atoms with van der Waals surface area (Å²) in [7, 11) is 1.69. The number of halogens is 1. The number of piperazine rings is 1. The molecular weight excluding hydrogens is 505 g/mol. The van der Waals surface area contributed by atoms with Gasteiger partial charge in [0, 0.05) is 57.2 Å². The van der Waals surface area contributed by atoms with Crippen molar-refractivity contribution in [2.75, 3.05) is 57.8 Å². The summed E-state index contributed by atoms with van der Waals surface area (Å²) in [6.45, 7) is 9.49. The highest BCUT2D eigenvalue weighted by Crippen LogP contribution is 2.17. The Hall–Kier alpha value is -2.14. The Kier molecular flexibility index (Phi) is 11.4. The van der Waals surface area contributed by atoms with Gasteiger partial charge in [0.1, 0.15) is 5.75 Å². The molecule has 0 saturated carbocycles. The number of rotatable bonds is 9. The highest BCUT2D eigenvalue weighted by atomic mass is 127. The largest absolute Gasteiger partial charge is 0.496 e. The third kappa shape index (κ3) is 8.13. The summed E-state index contributed by atoms with van der Waals surface area (Å²) < 4.78 is 5.41. The van der Waals surface area contributed by atoms with E-state index in [0.29, 0.717) is 6.54 Å². The predicted molar refractivity (Wildman–Crippen MR) is 137 cm³/mol. The van der Waals surface area contributed by atoms with E-state index in [-0.39, 0.29) is 24.0 Å². The Morgan fingerprint density at radius 1 is 1.06 bits per heavy atom. The molecule has 1 aliphatic rings. The van der Waals surface area contributed by atoms with Gasteiger partial charge in [-0.25, -0.2) is 15.0 Å². The molecule has 1 aromatic heterocycles. The second-order valence-corrected chi connectivity index (χ2v) is 7.16. The van der Waals surface area contributed by atoms with Gasteiger partial charge in [-0.15, -0.1) is 24.0 Å². The molecule has 2 N–H and O–H groups in total. The zero-order valence-electron chi connectivity index (χ0n) is 18.5. The lowest BCUT2D eigenvalue weighted by Gasteiger charge is -2.34. The van der Waals surface area contributed by atoms with Crippen LogP contribution >= 0.6 is 24.0 Å². The predicted octanol–water partition coefficient (Wildman–Crippen LogP) is 2.37. The van der Waals surface area contributed by atoms with Crippen LogP contribution in [0.4, 0.5) is 5.95 Å². The van der Waals surface area contributed by atoms with Crippen LogP contribution < -0.4 is 20.3 Å². The molecular formula is C22H34IN7O. The monoisotopic (exact) mass is 539 g/mol. The minimum absolute atomic E-state index is 0. The second-order valence-electron chi connectivity index (χ2n) is 7.16. The number of methoxy groups -OCH3 is 1. The summed E-state index contributed by atoms with van der Waals surface area (Å²) in [5.41, 5.74) is 1.08. The molecule has 2 heterocycles. The van der Waals surface area contributed by atoms with Gasteiger partial charge in [-0.1, -0.05) is 18.2 Å². The SMILES string of the molecule is CCNC(=NCc1ccccc1OC)NCCCN1CCN(c2ncccn2)CC1.I. The lowest BCUT2D eigenvalue weighted by molar-refractivity contribution is 0.254. The van der Waals surface area contributed by atoms with E-state index in [1.165, 1.54) is 0 Å². The molecule has 2 aromatic rings. The molecule has 0 spiro atoms. The zero-order valence-corrected chi connectivity index (χ0v) is 20.8. The number of nitrogens with one attached hydrogen (secondary N) is 2. The number of aliphatic imine (C=N–C) groups is 1. The van der Waals surface area contributed by atoms with Crippen LogP contribution in [0.1, 0.15) is 18.9 Å². The van der Waals surface area contributed by atoms with Gasteiger partial charge in [-0.05, 0) is 32.0 Å². The maximum absolute atomic E-state index is 5.41. The molecule has 1 aromatic carbocycles. The molecule has 0 bridgehead atoms. The molecule has 0 amide bonds. The number of hydrogen-bond donors (Lipinski definition) is 2. The number of para-hydroxylation sites is 1. The first-order valence-corrected chi connectivity index (χ1v) is 10.7. The fourth-order valence-corrected chi connectivity index (χ4v) is 3.48. The van der Waals surface area contributed by atoms with E-state index >= 15 is 0 Å². The number of anilines is 1. The van der Waals surface area contributed by atoms with Crippen LogP contribution in [-0.2, 0) is 6.54 Å². The fraction of sp³-hybridized carbons (Fsp3) is 0.500. The van der Waals surface area contributed by atoms with Crippen molar-refractivity contribution in [3.8, 4) is 5.75 Å². The van der Waals surface area contributed by atoms with E-state index in [9.17, 15) is 0 Å². The van der Waals surface area contributed by atoms with Crippen LogP contribution in [-0.4, -0.2) is 73.8 Å². The van der Waals surface area contributed by atoms with Gasteiger partial charge in [-0.2, -0.15) is 0 Å². The molecule has 0 unspecified atom stereocenters. The maximum Gasteiger partial charge on any atom is 0.225 e. The van der Waals surface area contributed by atoms with Crippen molar-refractivity contribution in [3.63, 3.8) is 0 Å². The van der Waals surface area contributed by atoms with Gasteiger partial charge < -0.3 is 20.3 Å². The van der Waals surface area contributed by atoms with Gasteiger partial charge in [0.05, 0.1) is 13.7 Å². The lowest BCUT2D eigenvalue weighted by atomic mass is 10.2. The van der Waals surface area contributed by atoms with Crippen LogP contribution in [0, 0.1) is 0 Å². The number of guanidine groups is 1. The lowest BCUT2D eigenvalue weighted by Crippen LogP contribution is -2.47. The Labute approximate surface area is 202 Å². The summed E-state index contributed by atoms with van der Waals surface area (Å²) in [5, 5.41) is 6.76. The van der Waals surface area contributed by atoms with Gasteiger partial charge in [-0.3, -0.25) is 4.90 Å². The summed E-state index contributed by atoms with van der Waals surface area (Å²) in [4.78, 5) is 18.1. The Morgan fingerprint density at radius 3 is 2.52 bits per heavy atom. The standard InChI is InChI=1S/C22H33N7O.HI/c1-3-23-21(27-18-19-8-4-5-9-20(19)30-2)24-12-7-13-28-14-16-29(17-15-28)22-25-10-6-11-26-22;/h4-6,8-11H,3,7,12-18H2,1-2H3,(H2,23,24,27);1H. The van der Waals surface area contributed by atoms with Gasteiger partial charge >= 0.3 is 0 Å². The molecule has 170 valence electrons. The molecule has 31 heavy (non-hydrogen) atoms. The summed E-state index contributed by atoms with van der Waals surface area (Å²) in [6, 6.07) is 9.86. The molecule has 1 aliphatic heterocycles. The second kappa shape index (κ2) is 14.0. The number of benzene rings is 1. The van der Waals surface area contributed by atoms with E-state index in [4.69, 9.17) is 9.73 Å². The molecule has 8 nitrogen and oxygen atoms in total. The number of hydrogen-bond acceptors (Lipinski definition) is 6. The van der Waals surface area contributed by atoms with Crippen LogP contribution in [0.15, 0.2) is 47.7 Å².